The molecule has 0 bridgehead atoms. The maximum Gasteiger partial charge on any atom is 0.182 e. The molecule has 0 spiro atoms. The third-order valence-corrected chi connectivity index (χ3v) is 3.20. The Morgan fingerprint density at radius 3 is 2.47 bits per heavy atom. The Kier molecular flexibility index (Phi) is 2.95. The number of nitrogens with zero attached hydrogens (tertiary/aromatic N) is 2. The summed E-state index contributed by atoms with van der Waals surface area (Å²) in [6, 6.07) is 13.6. The summed E-state index contributed by atoms with van der Waals surface area (Å²) in [5.41, 5.74) is -0.303. The first-order chi connectivity index (χ1) is 8.28. The largest absolute Gasteiger partial charge is 0.370 e. The molecule has 0 saturated carbocycles. The Morgan fingerprint density at radius 1 is 1.29 bits per heavy atom. The normalized spacial score (nSPS) is 25.8. The monoisotopic (exact) mass is 224 g/mol. The van der Waals surface area contributed by atoms with Crippen LogP contribution >= 0.6 is 0 Å². The van der Waals surface area contributed by atoms with Gasteiger partial charge in [-0.25, -0.2) is 0 Å². The van der Waals surface area contributed by atoms with E-state index in [9.17, 15) is 10.5 Å². The van der Waals surface area contributed by atoms with E-state index < -0.39 is 11.5 Å². The van der Waals surface area contributed by atoms with Gasteiger partial charge in [-0.05, 0) is 5.56 Å². The third-order valence-electron chi connectivity index (χ3n) is 3.20. The molecule has 0 unspecified atom stereocenters. The maximum atomic E-state index is 9.35. The van der Waals surface area contributed by atoms with Gasteiger partial charge in [0.25, 0.3) is 0 Å². The lowest BCUT2D eigenvalue weighted by atomic mass is 9.74. The molecule has 3 heteroatoms. The lowest BCUT2D eigenvalue weighted by Crippen LogP contribution is -2.27. The summed E-state index contributed by atoms with van der Waals surface area (Å²) in [6.45, 7) is 4.05. The Hall–Kier alpha value is -2.10. The average molecular weight is 224 g/mol. The van der Waals surface area contributed by atoms with E-state index >= 15 is 0 Å². The molecule has 2 rings (SSSR count). The average Bonchev–Trinajstić information content (AvgIpc) is 2.78. The van der Waals surface area contributed by atoms with Crippen molar-refractivity contribution in [2.24, 2.45) is 11.3 Å². The second-order valence-electron chi connectivity index (χ2n) is 4.06. The minimum Gasteiger partial charge on any atom is -0.370 e. The highest BCUT2D eigenvalue weighted by atomic mass is 16.5. The van der Waals surface area contributed by atoms with Gasteiger partial charge in [0, 0.05) is 5.92 Å². The van der Waals surface area contributed by atoms with Crippen molar-refractivity contribution in [2.75, 3.05) is 6.61 Å². The molecule has 0 N–H and O–H groups in total. The van der Waals surface area contributed by atoms with Crippen LogP contribution in [0, 0.1) is 34.0 Å². The molecule has 0 aliphatic carbocycles. The smallest absolute Gasteiger partial charge is 0.182 e. The second-order valence-corrected chi connectivity index (χ2v) is 4.06. The first kappa shape index (κ1) is 11.4. The summed E-state index contributed by atoms with van der Waals surface area (Å²) in [6.07, 6.45) is 1.14. The molecule has 1 heterocycles. The predicted molar refractivity (Wildman–Crippen MR) is 62.5 cm³/mol. The molecule has 0 radical (unpaired) electrons. The zero-order chi connectivity index (χ0) is 12.3. The fraction of sp³-hybridized carbons (Fsp3) is 0.286. The van der Waals surface area contributed by atoms with Gasteiger partial charge in [0.1, 0.15) is 6.10 Å². The van der Waals surface area contributed by atoms with Gasteiger partial charge < -0.3 is 4.74 Å². The molecule has 1 aliphatic rings. The maximum absolute atomic E-state index is 9.35. The molecular weight excluding hydrogens is 212 g/mol. The van der Waals surface area contributed by atoms with Gasteiger partial charge in [-0.3, -0.25) is 0 Å². The van der Waals surface area contributed by atoms with Crippen molar-refractivity contribution in [3.8, 4) is 12.1 Å². The third kappa shape index (κ3) is 1.62. The molecule has 1 aromatic carbocycles. The first-order valence-electron chi connectivity index (χ1n) is 5.40. The van der Waals surface area contributed by atoms with Crippen LogP contribution in [0.3, 0.4) is 0 Å². The van der Waals surface area contributed by atoms with Crippen molar-refractivity contribution < 1.29 is 4.74 Å². The second kappa shape index (κ2) is 4.41. The number of hydrogen-bond acceptors (Lipinski definition) is 3. The van der Waals surface area contributed by atoms with Gasteiger partial charge in [0.05, 0.1) is 18.7 Å². The highest BCUT2D eigenvalue weighted by Crippen LogP contribution is 2.48. The fourth-order valence-electron chi connectivity index (χ4n) is 2.21. The lowest BCUT2D eigenvalue weighted by molar-refractivity contribution is 0.0863. The van der Waals surface area contributed by atoms with Gasteiger partial charge in [-0.1, -0.05) is 36.4 Å². The van der Waals surface area contributed by atoms with Crippen molar-refractivity contribution in [3.05, 3.63) is 48.6 Å². The van der Waals surface area contributed by atoms with Crippen LogP contribution in [0.5, 0.6) is 0 Å². The SMILES string of the molecule is C=C[C@H]1CO[C@H](c2ccccc2)C1(C#N)C#N. The minimum absolute atomic E-state index is 0.247. The zero-order valence-corrected chi connectivity index (χ0v) is 9.34. The van der Waals surface area contributed by atoms with Gasteiger partial charge in [0.2, 0.25) is 0 Å². The van der Waals surface area contributed by atoms with E-state index in [0.29, 0.717) is 6.61 Å². The molecule has 0 amide bonds. The molecule has 3 nitrogen and oxygen atoms in total. The van der Waals surface area contributed by atoms with Crippen molar-refractivity contribution in [1.82, 2.24) is 0 Å². The van der Waals surface area contributed by atoms with Gasteiger partial charge in [-0.2, -0.15) is 10.5 Å². The Balaban J connectivity index is 2.47. The van der Waals surface area contributed by atoms with Crippen LogP contribution in [-0.4, -0.2) is 6.61 Å². The molecule has 1 saturated heterocycles. The van der Waals surface area contributed by atoms with Gasteiger partial charge in [0.15, 0.2) is 5.41 Å². The van der Waals surface area contributed by atoms with Gasteiger partial charge >= 0.3 is 0 Å². The van der Waals surface area contributed by atoms with Crippen LogP contribution in [0.1, 0.15) is 11.7 Å². The van der Waals surface area contributed by atoms with Crippen LogP contribution in [0.15, 0.2) is 43.0 Å². The minimum atomic E-state index is -1.16. The molecule has 1 aliphatic heterocycles. The topological polar surface area (TPSA) is 56.8 Å². The summed E-state index contributed by atoms with van der Waals surface area (Å²) >= 11 is 0. The predicted octanol–water partition coefficient (Wildman–Crippen LogP) is 2.59. The first-order valence-corrected chi connectivity index (χ1v) is 5.40. The van der Waals surface area contributed by atoms with E-state index in [1.807, 2.05) is 30.3 Å². The summed E-state index contributed by atoms with van der Waals surface area (Å²) in [5, 5.41) is 18.7. The van der Waals surface area contributed by atoms with Crippen LogP contribution in [0.25, 0.3) is 0 Å². The summed E-state index contributed by atoms with van der Waals surface area (Å²) < 4.78 is 5.62. The van der Waals surface area contributed by atoms with Crippen LogP contribution in [0.2, 0.25) is 0 Å². The van der Waals surface area contributed by atoms with E-state index in [1.165, 1.54) is 0 Å². The quantitative estimate of drug-likeness (QED) is 0.725. The van der Waals surface area contributed by atoms with E-state index in [2.05, 4.69) is 18.7 Å². The lowest BCUT2D eigenvalue weighted by Gasteiger charge is -2.23. The molecule has 2 atom stereocenters. The molecule has 17 heavy (non-hydrogen) atoms. The van der Waals surface area contributed by atoms with Crippen LogP contribution < -0.4 is 0 Å². The Bertz CT molecular complexity index is 481. The van der Waals surface area contributed by atoms with E-state index in [-0.39, 0.29) is 5.92 Å². The van der Waals surface area contributed by atoms with E-state index in [0.717, 1.165) is 5.56 Å². The summed E-state index contributed by atoms with van der Waals surface area (Å²) in [4.78, 5) is 0. The number of ether oxygens (including phenoxy) is 1. The van der Waals surface area contributed by atoms with E-state index in [4.69, 9.17) is 4.74 Å². The zero-order valence-electron chi connectivity index (χ0n) is 9.34. The van der Waals surface area contributed by atoms with Crippen molar-refractivity contribution in [1.29, 1.82) is 10.5 Å². The number of benzene rings is 1. The molecule has 0 aromatic heterocycles. The van der Waals surface area contributed by atoms with E-state index in [1.54, 1.807) is 6.08 Å². The Labute approximate surface area is 101 Å². The number of rotatable bonds is 2. The molecule has 1 fully saturated rings. The highest BCUT2D eigenvalue weighted by Gasteiger charge is 2.52. The van der Waals surface area contributed by atoms with Crippen molar-refractivity contribution >= 4 is 0 Å². The van der Waals surface area contributed by atoms with Crippen LogP contribution in [-0.2, 0) is 4.74 Å². The summed E-state index contributed by atoms with van der Waals surface area (Å²) in [7, 11) is 0. The Morgan fingerprint density at radius 2 is 1.94 bits per heavy atom. The molecule has 1 aromatic rings. The fourth-order valence-corrected chi connectivity index (χ4v) is 2.21. The molecule has 84 valence electrons. The van der Waals surface area contributed by atoms with Crippen molar-refractivity contribution in [3.63, 3.8) is 0 Å². The summed E-state index contributed by atoms with van der Waals surface area (Å²) in [5.74, 6) is -0.247. The van der Waals surface area contributed by atoms with Crippen molar-refractivity contribution in [2.45, 2.75) is 6.10 Å². The number of nitriles is 2. The molecular formula is C14H12N2O. The van der Waals surface area contributed by atoms with Crippen LogP contribution in [0.4, 0.5) is 0 Å². The standard InChI is InChI=1S/C14H12N2O/c1-2-12-8-17-13(14(12,9-15)10-16)11-6-4-3-5-7-11/h2-7,12-13H,1,8H2/t12-,13+/m0/s1. The number of hydrogen-bond donors (Lipinski definition) is 0. The highest BCUT2D eigenvalue weighted by molar-refractivity contribution is 5.33. The van der Waals surface area contributed by atoms with Gasteiger partial charge in [-0.15, -0.1) is 6.58 Å².